The maximum atomic E-state index is 12.1. The minimum absolute atomic E-state index is 0.0827. The van der Waals surface area contributed by atoms with Crippen LogP contribution in [0.3, 0.4) is 0 Å². The zero-order valence-electron chi connectivity index (χ0n) is 13.4. The Morgan fingerprint density at radius 2 is 2.27 bits per heavy atom. The van der Waals surface area contributed by atoms with E-state index < -0.39 is 6.04 Å². The summed E-state index contributed by atoms with van der Waals surface area (Å²) in [5.74, 6) is -0.246. The monoisotopic (exact) mass is 324 g/mol. The first-order valence-corrected chi connectivity index (χ1v) is 8.51. The lowest BCUT2D eigenvalue weighted by Gasteiger charge is -2.24. The van der Waals surface area contributed by atoms with Crippen LogP contribution in [0.5, 0.6) is 0 Å². The van der Waals surface area contributed by atoms with Crippen LogP contribution in [0.2, 0.25) is 0 Å². The van der Waals surface area contributed by atoms with Crippen molar-refractivity contribution in [3.63, 3.8) is 0 Å². The zero-order chi connectivity index (χ0) is 16.2. The molecule has 1 fully saturated rings. The van der Waals surface area contributed by atoms with E-state index in [0.717, 1.165) is 23.5 Å². The Hall–Kier alpha value is -1.47. The highest BCUT2D eigenvalue weighted by atomic mass is 32.1. The molecular weight excluding hydrogens is 300 g/mol. The highest BCUT2D eigenvalue weighted by molar-refractivity contribution is 7.09. The molecule has 0 unspecified atom stereocenters. The van der Waals surface area contributed by atoms with Crippen LogP contribution in [0.4, 0.5) is 0 Å². The molecule has 3 N–H and O–H groups in total. The van der Waals surface area contributed by atoms with Gasteiger partial charge in [0.05, 0.1) is 12.1 Å². The number of rotatable bonds is 5. The summed E-state index contributed by atoms with van der Waals surface area (Å²) in [6.07, 6.45) is 2.61. The molecule has 0 aliphatic carbocycles. The largest absolute Gasteiger partial charge is 0.354 e. The Balaban J connectivity index is 1.85. The lowest BCUT2D eigenvalue weighted by Crippen LogP contribution is -2.50. The molecule has 2 rings (SSSR count). The van der Waals surface area contributed by atoms with E-state index in [4.69, 9.17) is 0 Å². The van der Waals surface area contributed by atoms with Crippen molar-refractivity contribution < 1.29 is 9.59 Å². The number of aryl methyl sites for hydroxylation is 1. The fourth-order valence-electron chi connectivity index (χ4n) is 2.34. The number of hydrogen-bond donors (Lipinski definition) is 3. The fraction of sp³-hybridized carbons (Fsp3) is 0.667. The van der Waals surface area contributed by atoms with Crippen molar-refractivity contribution >= 4 is 23.2 Å². The number of amides is 2. The van der Waals surface area contributed by atoms with E-state index in [2.05, 4.69) is 20.9 Å². The van der Waals surface area contributed by atoms with Crippen LogP contribution in [0.1, 0.15) is 43.8 Å². The van der Waals surface area contributed by atoms with E-state index in [1.165, 1.54) is 0 Å². The molecule has 0 saturated carbocycles. The summed E-state index contributed by atoms with van der Waals surface area (Å²) in [6.45, 7) is 6.80. The van der Waals surface area contributed by atoms with E-state index in [1.807, 2.05) is 26.2 Å². The summed E-state index contributed by atoms with van der Waals surface area (Å²) >= 11 is 1.58. The minimum Gasteiger partial charge on any atom is -0.354 e. The van der Waals surface area contributed by atoms with Gasteiger partial charge in [0.2, 0.25) is 11.8 Å². The quantitative estimate of drug-likeness (QED) is 0.756. The zero-order valence-corrected chi connectivity index (χ0v) is 14.2. The predicted octanol–water partition coefficient (Wildman–Crippen LogP) is 1.06. The number of nitrogens with zero attached hydrogens (tertiary/aromatic N) is 1. The van der Waals surface area contributed by atoms with Crippen molar-refractivity contribution in [3.8, 4) is 0 Å². The molecule has 0 radical (unpaired) electrons. The number of carbonyl (C=O) groups excluding carboxylic acids is 2. The van der Waals surface area contributed by atoms with Gasteiger partial charge in [0.1, 0.15) is 11.0 Å². The smallest absolute Gasteiger partial charge is 0.242 e. The molecule has 0 aromatic carbocycles. The average molecular weight is 324 g/mol. The number of carbonyl (C=O) groups is 2. The first-order valence-electron chi connectivity index (χ1n) is 7.63. The van der Waals surface area contributed by atoms with Crippen LogP contribution in [-0.2, 0) is 15.1 Å². The lowest BCUT2D eigenvalue weighted by molar-refractivity contribution is -0.128. The molecule has 1 aromatic rings. The van der Waals surface area contributed by atoms with E-state index in [1.54, 1.807) is 11.3 Å². The Bertz CT molecular complexity index is 541. The van der Waals surface area contributed by atoms with Gasteiger partial charge in [-0.2, -0.15) is 0 Å². The number of nitrogens with one attached hydrogen (secondary N) is 3. The topological polar surface area (TPSA) is 83.1 Å². The molecule has 1 saturated heterocycles. The number of thiazole rings is 1. The Morgan fingerprint density at radius 1 is 1.50 bits per heavy atom. The van der Waals surface area contributed by atoms with Gasteiger partial charge in [0.25, 0.3) is 0 Å². The van der Waals surface area contributed by atoms with Crippen LogP contribution in [0, 0.1) is 6.92 Å². The van der Waals surface area contributed by atoms with E-state index in [0.29, 0.717) is 13.0 Å². The van der Waals surface area contributed by atoms with Gasteiger partial charge < -0.3 is 10.6 Å². The highest BCUT2D eigenvalue weighted by Gasteiger charge is 2.26. The average Bonchev–Trinajstić information content (AvgIpc) is 2.81. The molecule has 1 aromatic heterocycles. The molecule has 7 heteroatoms. The van der Waals surface area contributed by atoms with Gasteiger partial charge in [-0.1, -0.05) is 0 Å². The van der Waals surface area contributed by atoms with Crippen LogP contribution < -0.4 is 16.0 Å². The predicted molar refractivity (Wildman–Crippen MR) is 86.7 cm³/mol. The Kier molecular flexibility index (Phi) is 5.52. The maximum absolute atomic E-state index is 12.1. The third-order valence-corrected chi connectivity index (χ3v) is 5.00. The summed E-state index contributed by atoms with van der Waals surface area (Å²) in [4.78, 5) is 28.4. The SMILES string of the molecule is Cc1csc(C(C)(C)NCC(=O)N[C@@H]2CCCCNC2=O)n1. The van der Waals surface area contributed by atoms with Crippen LogP contribution in [0.15, 0.2) is 5.38 Å². The molecule has 22 heavy (non-hydrogen) atoms. The minimum atomic E-state index is -0.415. The van der Waals surface area contributed by atoms with Gasteiger partial charge in [-0.15, -0.1) is 11.3 Å². The molecule has 2 amide bonds. The van der Waals surface area contributed by atoms with Crippen LogP contribution >= 0.6 is 11.3 Å². The Morgan fingerprint density at radius 3 is 2.95 bits per heavy atom. The summed E-state index contributed by atoms with van der Waals surface area (Å²) in [5, 5.41) is 11.8. The third-order valence-electron chi connectivity index (χ3n) is 3.72. The van der Waals surface area contributed by atoms with Crippen molar-refractivity contribution in [1.82, 2.24) is 20.9 Å². The number of hydrogen-bond acceptors (Lipinski definition) is 5. The molecule has 6 nitrogen and oxygen atoms in total. The molecule has 122 valence electrons. The van der Waals surface area contributed by atoms with Crippen molar-refractivity contribution in [3.05, 3.63) is 16.1 Å². The van der Waals surface area contributed by atoms with Crippen molar-refractivity contribution in [2.24, 2.45) is 0 Å². The summed E-state index contributed by atoms with van der Waals surface area (Å²) in [7, 11) is 0. The normalized spacial score (nSPS) is 19.4. The molecule has 1 aliphatic rings. The van der Waals surface area contributed by atoms with Gasteiger partial charge in [-0.3, -0.25) is 14.9 Å². The van der Waals surface area contributed by atoms with Gasteiger partial charge in [0.15, 0.2) is 0 Å². The molecule has 2 heterocycles. The first kappa shape index (κ1) is 16.9. The van der Waals surface area contributed by atoms with Crippen molar-refractivity contribution in [2.45, 2.75) is 51.6 Å². The molecule has 1 aliphatic heterocycles. The number of aromatic nitrogens is 1. The maximum Gasteiger partial charge on any atom is 0.242 e. The van der Waals surface area contributed by atoms with E-state index in [-0.39, 0.29) is 23.9 Å². The van der Waals surface area contributed by atoms with Crippen LogP contribution in [-0.4, -0.2) is 35.9 Å². The van der Waals surface area contributed by atoms with Crippen molar-refractivity contribution in [1.29, 1.82) is 0 Å². The first-order chi connectivity index (χ1) is 10.4. The molecular formula is C15H24N4O2S. The van der Waals surface area contributed by atoms with Gasteiger partial charge in [0, 0.05) is 17.6 Å². The van der Waals surface area contributed by atoms with Gasteiger partial charge in [-0.25, -0.2) is 4.98 Å². The summed E-state index contributed by atoms with van der Waals surface area (Å²) < 4.78 is 0. The van der Waals surface area contributed by atoms with E-state index in [9.17, 15) is 9.59 Å². The van der Waals surface area contributed by atoms with Gasteiger partial charge >= 0.3 is 0 Å². The second-order valence-corrected chi connectivity index (χ2v) is 7.04. The second-order valence-electron chi connectivity index (χ2n) is 6.18. The molecule has 1 atom stereocenters. The summed E-state index contributed by atoms with van der Waals surface area (Å²) in [6, 6.07) is -0.415. The highest BCUT2D eigenvalue weighted by Crippen LogP contribution is 2.23. The van der Waals surface area contributed by atoms with Crippen molar-refractivity contribution in [2.75, 3.05) is 13.1 Å². The Labute approximate surface area is 135 Å². The molecule has 0 spiro atoms. The third kappa shape index (κ3) is 4.51. The second kappa shape index (κ2) is 7.19. The van der Waals surface area contributed by atoms with E-state index >= 15 is 0 Å². The molecule has 0 bridgehead atoms. The summed E-state index contributed by atoms with van der Waals surface area (Å²) in [5.41, 5.74) is 0.608. The van der Waals surface area contributed by atoms with Crippen LogP contribution in [0.25, 0.3) is 0 Å². The standard InChI is InChI=1S/C15H24N4O2S/c1-10-9-22-14(18-10)15(2,3)17-8-12(20)19-11-6-4-5-7-16-13(11)21/h9,11,17H,4-8H2,1-3H3,(H,16,21)(H,19,20)/t11-/m1/s1. The van der Waals surface area contributed by atoms with Gasteiger partial charge in [-0.05, 0) is 40.0 Å². The fourth-order valence-corrected chi connectivity index (χ4v) is 3.24. The lowest BCUT2D eigenvalue weighted by atomic mass is 10.1.